The lowest BCUT2D eigenvalue weighted by atomic mass is 10.1. The molecule has 0 saturated heterocycles. The summed E-state index contributed by atoms with van der Waals surface area (Å²) in [5, 5.41) is 14.8. The molecular formula is C40H24N6. The molecule has 0 amide bonds. The molecule has 0 aliphatic heterocycles. The molecule has 6 nitrogen and oxygen atoms in total. The highest BCUT2D eigenvalue weighted by Gasteiger charge is 2.21. The van der Waals surface area contributed by atoms with Crippen molar-refractivity contribution in [2.45, 2.75) is 0 Å². The third kappa shape index (κ3) is 3.86. The minimum atomic E-state index is 0.0639. The smallest absolute Gasteiger partial charge is 0.236 e. The van der Waals surface area contributed by atoms with Crippen LogP contribution in [0.25, 0.3) is 77.8 Å². The lowest BCUT2D eigenvalue weighted by molar-refractivity contribution is 1.02. The van der Waals surface area contributed by atoms with E-state index in [-0.39, 0.29) is 5.82 Å². The summed E-state index contributed by atoms with van der Waals surface area (Å²) in [6.45, 7) is 0. The molecule has 3 aromatic heterocycles. The second kappa shape index (κ2) is 10.3. The standard InChI is InChI=1S/C40H24N6/c41-25-38-42-39(30-17-5-11-23-36(30)45-32-19-7-1-13-26(32)27-14-2-8-20-33(27)45)44-40(43-38)31-18-6-12-24-37(31)46-34-21-9-3-15-28(34)29-16-4-10-22-35(29)46/h1-24H. The zero-order chi connectivity index (χ0) is 30.6. The first kappa shape index (κ1) is 25.9. The second-order valence-corrected chi connectivity index (χ2v) is 11.2. The van der Waals surface area contributed by atoms with Crippen LogP contribution in [0.5, 0.6) is 0 Å². The first-order valence-electron chi connectivity index (χ1n) is 15.1. The van der Waals surface area contributed by atoms with Crippen molar-refractivity contribution in [3.05, 3.63) is 151 Å². The number of benzene rings is 6. The molecule has 0 saturated carbocycles. The van der Waals surface area contributed by atoms with Gasteiger partial charge in [0.15, 0.2) is 11.6 Å². The molecule has 9 aromatic rings. The van der Waals surface area contributed by atoms with Crippen LogP contribution >= 0.6 is 0 Å². The minimum Gasteiger partial charge on any atom is -0.309 e. The molecule has 0 aliphatic rings. The summed E-state index contributed by atoms with van der Waals surface area (Å²) >= 11 is 0. The second-order valence-electron chi connectivity index (χ2n) is 11.2. The summed E-state index contributed by atoms with van der Waals surface area (Å²) in [6, 6.07) is 52.0. The summed E-state index contributed by atoms with van der Waals surface area (Å²) in [5.41, 5.74) is 7.82. The Hall–Kier alpha value is -6.58. The zero-order valence-electron chi connectivity index (χ0n) is 24.5. The van der Waals surface area contributed by atoms with E-state index in [1.807, 2.05) is 36.4 Å². The van der Waals surface area contributed by atoms with Crippen LogP contribution in [-0.2, 0) is 0 Å². The molecule has 214 valence electrons. The number of nitriles is 1. The van der Waals surface area contributed by atoms with Crippen molar-refractivity contribution in [1.29, 1.82) is 5.26 Å². The number of para-hydroxylation sites is 6. The molecular weight excluding hydrogens is 564 g/mol. The number of hydrogen-bond donors (Lipinski definition) is 0. The van der Waals surface area contributed by atoms with Gasteiger partial charge in [-0.25, -0.2) is 4.98 Å². The van der Waals surface area contributed by atoms with E-state index >= 15 is 0 Å². The molecule has 46 heavy (non-hydrogen) atoms. The van der Waals surface area contributed by atoms with Gasteiger partial charge in [-0.1, -0.05) is 97.1 Å². The molecule has 0 fully saturated rings. The van der Waals surface area contributed by atoms with Crippen molar-refractivity contribution < 1.29 is 0 Å². The molecule has 0 spiro atoms. The lowest BCUT2D eigenvalue weighted by Crippen LogP contribution is -2.05. The van der Waals surface area contributed by atoms with Gasteiger partial charge in [0.2, 0.25) is 5.82 Å². The van der Waals surface area contributed by atoms with Crippen LogP contribution in [0, 0.1) is 11.3 Å². The summed E-state index contributed by atoms with van der Waals surface area (Å²) in [5.74, 6) is 0.945. The van der Waals surface area contributed by atoms with Crippen LogP contribution in [-0.4, -0.2) is 24.1 Å². The first-order chi connectivity index (χ1) is 22.8. The van der Waals surface area contributed by atoms with Crippen molar-refractivity contribution in [2.75, 3.05) is 0 Å². The number of rotatable bonds is 4. The number of fused-ring (bicyclic) bond motifs is 6. The van der Waals surface area contributed by atoms with Gasteiger partial charge in [0, 0.05) is 32.7 Å². The summed E-state index contributed by atoms with van der Waals surface area (Å²) < 4.78 is 4.50. The van der Waals surface area contributed by atoms with Gasteiger partial charge in [0.05, 0.1) is 33.4 Å². The van der Waals surface area contributed by atoms with Gasteiger partial charge in [0.25, 0.3) is 0 Å². The van der Waals surface area contributed by atoms with Crippen LogP contribution in [0.2, 0.25) is 0 Å². The van der Waals surface area contributed by atoms with Crippen molar-refractivity contribution in [1.82, 2.24) is 24.1 Å². The van der Waals surface area contributed by atoms with Crippen molar-refractivity contribution in [2.24, 2.45) is 0 Å². The van der Waals surface area contributed by atoms with E-state index in [4.69, 9.17) is 4.98 Å². The van der Waals surface area contributed by atoms with E-state index in [1.54, 1.807) is 0 Å². The van der Waals surface area contributed by atoms with Crippen molar-refractivity contribution in [3.8, 4) is 40.2 Å². The van der Waals surface area contributed by atoms with Gasteiger partial charge < -0.3 is 9.13 Å². The fraction of sp³-hybridized carbons (Fsp3) is 0. The number of hydrogen-bond acceptors (Lipinski definition) is 4. The monoisotopic (exact) mass is 588 g/mol. The molecule has 0 atom stereocenters. The highest BCUT2D eigenvalue weighted by molar-refractivity contribution is 6.10. The molecule has 0 radical (unpaired) electrons. The maximum absolute atomic E-state index is 10.1. The minimum absolute atomic E-state index is 0.0639. The summed E-state index contributed by atoms with van der Waals surface area (Å²) in [4.78, 5) is 14.4. The van der Waals surface area contributed by atoms with E-state index in [0.717, 1.165) is 44.6 Å². The van der Waals surface area contributed by atoms with Gasteiger partial charge >= 0.3 is 0 Å². The number of nitrogens with zero attached hydrogens (tertiary/aromatic N) is 6. The third-order valence-corrected chi connectivity index (χ3v) is 8.67. The molecule has 0 unspecified atom stereocenters. The Morgan fingerprint density at radius 2 is 0.717 bits per heavy atom. The molecule has 3 heterocycles. The topological polar surface area (TPSA) is 72.3 Å². The van der Waals surface area contributed by atoms with E-state index in [1.165, 1.54) is 21.5 Å². The van der Waals surface area contributed by atoms with Crippen LogP contribution < -0.4 is 0 Å². The average Bonchev–Trinajstić information content (AvgIpc) is 3.64. The average molecular weight is 589 g/mol. The maximum atomic E-state index is 10.1. The summed E-state index contributed by atoms with van der Waals surface area (Å²) in [6.07, 6.45) is 0. The molecule has 9 rings (SSSR count). The maximum Gasteiger partial charge on any atom is 0.236 e. The SMILES string of the molecule is N#Cc1nc(-c2ccccc2-n2c3ccccc3c3ccccc32)nc(-c2ccccc2-n2c3ccccc3c3ccccc32)n1. The lowest BCUT2D eigenvalue weighted by Gasteiger charge is -2.15. The van der Waals surface area contributed by atoms with Gasteiger partial charge in [-0.3, -0.25) is 0 Å². The zero-order valence-corrected chi connectivity index (χ0v) is 24.5. The normalized spacial score (nSPS) is 11.5. The fourth-order valence-electron chi connectivity index (χ4n) is 6.75. The molecule has 0 aliphatic carbocycles. The van der Waals surface area contributed by atoms with E-state index in [9.17, 15) is 5.26 Å². The Kier molecular flexibility index (Phi) is 5.77. The Balaban J connectivity index is 1.29. The van der Waals surface area contributed by atoms with E-state index < -0.39 is 0 Å². The highest BCUT2D eigenvalue weighted by atomic mass is 15.1. The third-order valence-electron chi connectivity index (χ3n) is 8.67. The molecule has 6 heteroatoms. The molecule has 0 bridgehead atoms. The predicted octanol–water partition coefficient (Wildman–Crippen LogP) is 9.27. The Morgan fingerprint density at radius 3 is 1.09 bits per heavy atom. The highest BCUT2D eigenvalue weighted by Crippen LogP contribution is 2.37. The van der Waals surface area contributed by atoms with Gasteiger partial charge in [-0.05, 0) is 48.5 Å². The predicted molar refractivity (Wildman–Crippen MR) is 184 cm³/mol. The van der Waals surface area contributed by atoms with Crippen molar-refractivity contribution >= 4 is 43.6 Å². The van der Waals surface area contributed by atoms with Crippen LogP contribution in [0.15, 0.2) is 146 Å². The van der Waals surface area contributed by atoms with Crippen LogP contribution in [0.3, 0.4) is 0 Å². The van der Waals surface area contributed by atoms with Crippen molar-refractivity contribution in [3.63, 3.8) is 0 Å². The quantitative estimate of drug-likeness (QED) is 0.205. The summed E-state index contributed by atoms with van der Waals surface area (Å²) in [7, 11) is 0. The Bertz CT molecular complexity index is 2390. The van der Waals surface area contributed by atoms with Gasteiger partial charge in [0.1, 0.15) is 6.07 Å². The number of aromatic nitrogens is 5. The van der Waals surface area contributed by atoms with Gasteiger partial charge in [-0.15, -0.1) is 0 Å². The largest absolute Gasteiger partial charge is 0.309 e. The van der Waals surface area contributed by atoms with E-state index in [2.05, 4.69) is 134 Å². The molecule has 0 N–H and O–H groups in total. The fourth-order valence-corrected chi connectivity index (χ4v) is 6.75. The van der Waals surface area contributed by atoms with Gasteiger partial charge in [-0.2, -0.15) is 15.2 Å². The Labute approximate surface area is 264 Å². The van der Waals surface area contributed by atoms with Crippen LogP contribution in [0.4, 0.5) is 0 Å². The molecule has 6 aromatic carbocycles. The Morgan fingerprint density at radius 1 is 0.391 bits per heavy atom. The van der Waals surface area contributed by atoms with E-state index in [0.29, 0.717) is 11.6 Å². The first-order valence-corrected chi connectivity index (χ1v) is 15.1. The van der Waals surface area contributed by atoms with Crippen LogP contribution in [0.1, 0.15) is 5.82 Å².